The number of amides is 1. The Morgan fingerprint density at radius 2 is 1.88 bits per heavy atom. The molecule has 3 aromatic heterocycles. The first-order chi connectivity index (χ1) is 15.6. The molecule has 1 N–H and O–H groups in total. The Bertz CT molecular complexity index is 1430. The molecular weight excluding hydrogens is 429 g/mol. The predicted octanol–water partition coefficient (Wildman–Crippen LogP) is 5.03. The predicted molar refractivity (Wildman–Crippen MR) is 119 cm³/mol. The molecular formula is C23H16FN5O2S. The van der Waals surface area contributed by atoms with Crippen molar-refractivity contribution < 1.29 is 13.7 Å². The Balaban J connectivity index is 1.47. The molecule has 0 unspecified atom stereocenters. The number of nitrogens with zero attached hydrogens (tertiary/aromatic N) is 4. The van der Waals surface area contributed by atoms with Gasteiger partial charge in [0, 0.05) is 12.0 Å². The van der Waals surface area contributed by atoms with Gasteiger partial charge in [-0.05, 0) is 30.7 Å². The molecule has 32 heavy (non-hydrogen) atoms. The molecule has 0 atom stereocenters. The molecule has 1 amide bonds. The molecule has 0 aliphatic heterocycles. The van der Waals surface area contributed by atoms with Gasteiger partial charge in [-0.1, -0.05) is 59.0 Å². The van der Waals surface area contributed by atoms with E-state index < -0.39 is 11.7 Å². The summed E-state index contributed by atoms with van der Waals surface area (Å²) in [4.78, 5) is 17.5. The van der Waals surface area contributed by atoms with Crippen LogP contribution in [0, 0.1) is 12.7 Å². The monoisotopic (exact) mass is 445 g/mol. The summed E-state index contributed by atoms with van der Waals surface area (Å²) in [5.41, 5.74) is 2.59. The number of carbonyl (C=O) groups is 1. The van der Waals surface area contributed by atoms with Crippen LogP contribution in [0.15, 0.2) is 65.2 Å². The Morgan fingerprint density at radius 3 is 2.69 bits per heavy atom. The lowest BCUT2D eigenvalue weighted by Crippen LogP contribution is -2.13. The normalized spacial score (nSPS) is 11.1. The van der Waals surface area contributed by atoms with Crippen molar-refractivity contribution in [3.63, 3.8) is 0 Å². The lowest BCUT2D eigenvalue weighted by molar-refractivity contribution is 0.102. The molecule has 0 bridgehead atoms. The van der Waals surface area contributed by atoms with Crippen molar-refractivity contribution in [2.75, 3.05) is 5.32 Å². The number of anilines is 1. The van der Waals surface area contributed by atoms with E-state index in [1.54, 1.807) is 25.1 Å². The number of nitrogens with one attached hydrogen (secondary N) is 1. The van der Waals surface area contributed by atoms with Gasteiger partial charge in [0.25, 0.3) is 11.6 Å². The maximum absolute atomic E-state index is 14.3. The number of aromatic nitrogens is 4. The fourth-order valence-corrected chi connectivity index (χ4v) is 4.16. The highest BCUT2D eigenvalue weighted by Crippen LogP contribution is 2.29. The number of halogens is 1. The fraction of sp³-hybridized carbons (Fsp3) is 0.0870. The van der Waals surface area contributed by atoms with Gasteiger partial charge in [-0.3, -0.25) is 10.1 Å². The smallest absolute Gasteiger partial charge is 0.259 e. The number of aryl methyl sites for hydroxylation is 1. The standard InChI is InChI=1S/C23H16FN5O2S/c1-13-20-16(12-18(25-22(20)31-29-13)15-9-5-6-10-17(15)24)21(30)26-23-28-27-19(32-23)11-14-7-3-2-4-8-14/h2-10,12H,11H2,1H3,(H,26,28,30). The van der Waals surface area contributed by atoms with Gasteiger partial charge in [-0.25, -0.2) is 9.37 Å². The second-order valence-electron chi connectivity index (χ2n) is 7.10. The highest BCUT2D eigenvalue weighted by molar-refractivity contribution is 7.15. The minimum absolute atomic E-state index is 0.162. The van der Waals surface area contributed by atoms with Crippen molar-refractivity contribution in [3.05, 3.63) is 88.3 Å². The summed E-state index contributed by atoms with van der Waals surface area (Å²) in [6.07, 6.45) is 0.621. The van der Waals surface area contributed by atoms with Crippen molar-refractivity contribution in [2.24, 2.45) is 0 Å². The van der Waals surface area contributed by atoms with Crippen LogP contribution in [0.2, 0.25) is 0 Å². The minimum atomic E-state index is -0.448. The van der Waals surface area contributed by atoms with Crippen molar-refractivity contribution in [2.45, 2.75) is 13.3 Å². The molecule has 0 saturated carbocycles. The quantitative estimate of drug-likeness (QED) is 0.408. The van der Waals surface area contributed by atoms with E-state index in [1.807, 2.05) is 30.3 Å². The van der Waals surface area contributed by atoms with Crippen LogP contribution in [-0.2, 0) is 6.42 Å². The molecule has 2 aromatic carbocycles. The summed E-state index contributed by atoms with van der Waals surface area (Å²) in [5, 5.41) is 16.6. The lowest BCUT2D eigenvalue weighted by Gasteiger charge is -2.07. The number of fused-ring (bicyclic) bond motifs is 1. The molecule has 158 valence electrons. The van der Waals surface area contributed by atoms with Gasteiger partial charge in [0.1, 0.15) is 10.8 Å². The summed E-state index contributed by atoms with van der Waals surface area (Å²) >= 11 is 1.30. The van der Waals surface area contributed by atoms with Crippen molar-refractivity contribution in [3.8, 4) is 11.3 Å². The second-order valence-corrected chi connectivity index (χ2v) is 8.16. The average Bonchev–Trinajstić information content (AvgIpc) is 3.40. The molecule has 0 saturated heterocycles. The first-order valence-corrected chi connectivity index (χ1v) is 10.6. The van der Waals surface area contributed by atoms with Crippen LogP contribution in [-0.4, -0.2) is 26.2 Å². The van der Waals surface area contributed by atoms with Gasteiger partial charge in [0.05, 0.1) is 22.3 Å². The number of hydrogen-bond acceptors (Lipinski definition) is 7. The lowest BCUT2D eigenvalue weighted by atomic mass is 10.0. The summed E-state index contributed by atoms with van der Waals surface area (Å²) in [7, 11) is 0. The van der Waals surface area contributed by atoms with Crippen molar-refractivity contribution in [1.29, 1.82) is 0 Å². The van der Waals surface area contributed by atoms with Crippen LogP contribution in [0.3, 0.4) is 0 Å². The van der Waals surface area contributed by atoms with Crippen LogP contribution in [0.25, 0.3) is 22.4 Å². The number of carbonyl (C=O) groups excluding carboxylic acids is 1. The maximum atomic E-state index is 14.3. The third kappa shape index (κ3) is 3.85. The van der Waals surface area contributed by atoms with Crippen LogP contribution in [0.4, 0.5) is 9.52 Å². The molecule has 5 aromatic rings. The SMILES string of the molecule is Cc1noc2nc(-c3ccccc3F)cc(C(=O)Nc3nnc(Cc4ccccc4)s3)c12. The van der Waals surface area contributed by atoms with E-state index in [-0.39, 0.29) is 22.5 Å². The Kier molecular flexibility index (Phi) is 5.16. The number of hydrogen-bond donors (Lipinski definition) is 1. The second kappa shape index (κ2) is 8.27. The molecule has 9 heteroatoms. The molecule has 7 nitrogen and oxygen atoms in total. The Morgan fingerprint density at radius 1 is 1.09 bits per heavy atom. The van der Waals surface area contributed by atoms with Gasteiger partial charge in [-0.2, -0.15) is 0 Å². The average molecular weight is 445 g/mol. The van der Waals surface area contributed by atoms with E-state index in [1.165, 1.54) is 23.5 Å². The third-order valence-corrected chi connectivity index (χ3v) is 5.74. The van der Waals surface area contributed by atoms with E-state index in [0.29, 0.717) is 22.6 Å². The van der Waals surface area contributed by atoms with Crippen molar-refractivity contribution in [1.82, 2.24) is 20.3 Å². The first kappa shape index (κ1) is 20.0. The Labute approximate surface area is 185 Å². The van der Waals surface area contributed by atoms with Crippen LogP contribution in [0.1, 0.15) is 26.6 Å². The number of pyridine rings is 1. The molecule has 0 spiro atoms. The van der Waals surface area contributed by atoms with E-state index in [9.17, 15) is 9.18 Å². The molecule has 0 fully saturated rings. The minimum Gasteiger partial charge on any atom is -0.335 e. The zero-order chi connectivity index (χ0) is 22.1. The van der Waals surface area contributed by atoms with Crippen LogP contribution in [0.5, 0.6) is 0 Å². The molecule has 0 aliphatic rings. The van der Waals surface area contributed by atoms with Crippen LogP contribution < -0.4 is 5.32 Å². The zero-order valence-corrected chi connectivity index (χ0v) is 17.7. The fourth-order valence-electron chi connectivity index (χ4n) is 3.39. The summed E-state index contributed by atoms with van der Waals surface area (Å²) < 4.78 is 19.6. The molecule has 3 heterocycles. The van der Waals surface area contributed by atoms with Gasteiger partial charge >= 0.3 is 0 Å². The van der Waals surface area contributed by atoms with Gasteiger partial charge in [-0.15, -0.1) is 10.2 Å². The van der Waals surface area contributed by atoms with Gasteiger partial charge in [0.15, 0.2) is 0 Å². The van der Waals surface area contributed by atoms with E-state index in [0.717, 1.165) is 10.6 Å². The topological polar surface area (TPSA) is 93.8 Å². The molecule has 5 rings (SSSR count). The highest BCUT2D eigenvalue weighted by Gasteiger charge is 2.21. The van der Waals surface area contributed by atoms with Crippen LogP contribution >= 0.6 is 11.3 Å². The van der Waals surface area contributed by atoms with E-state index >= 15 is 0 Å². The maximum Gasteiger partial charge on any atom is 0.259 e. The third-order valence-electron chi connectivity index (χ3n) is 4.90. The Hall–Kier alpha value is -3.98. The largest absolute Gasteiger partial charge is 0.335 e. The number of rotatable bonds is 5. The molecule has 0 aliphatic carbocycles. The van der Waals surface area contributed by atoms with E-state index in [2.05, 4.69) is 25.7 Å². The summed E-state index contributed by atoms with van der Waals surface area (Å²) in [5.74, 6) is -0.875. The highest BCUT2D eigenvalue weighted by atomic mass is 32.1. The van der Waals surface area contributed by atoms with Crippen molar-refractivity contribution >= 4 is 33.5 Å². The summed E-state index contributed by atoms with van der Waals surface area (Å²) in [6, 6.07) is 17.6. The number of benzene rings is 2. The molecule has 0 radical (unpaired) electrons. The van der Waals surface area contributed by atoms with E-state index in [4.69, 9.17) is 4.52 Å². The summed E-state index contributed by atoms with van der Waals surface area (Å²) in [6.45, 7) is 1.72. The van der Waals surface area contributed by atoms with Gasteiger partial charge in [0.2, 0.25) is 5.13 Å². The first-order valence-electron chi connectivity index (χ1n) is 9.78. The van der Waals surface area contributed by atoms with Gasteiger partial charge < -0.3 is 4.52 Å². The zero-order valence-electron chi connectivity index (χ0n) is 16.9.